The number of rotatable bonds is 6. The van der Waals surface area contributed by atoms with Gasteiger partial charge in [0.25, 0.3) is 11.8 Å². The third-order valence-electron chi connectivity index (χ3n) is 5.65. The molecule has 166 valence electrons. The predicted molar refractivity (Wildman–Crippen MR) is 117 cm³/mol. The molecule has 2 N–H and O–H groups in total. The van der Waals surface area contributed by atoms with E-state index in [1.54, 1.807) is 36.3 Å². The molecule has 1 atom stereocenters. The number of nitrogens with zero attached hydrogens (tertiary/aromatic N) is 2. The maximum atomic E-state index is 13.6. The number of fused-ring (bicyclic) bond motifs is 1. The van der Waals surface area contributed by atoms with Gasteiger partial charge < -0.3 is 20.1 Å². The molecule has 2 aromatic carbocycles. The number of halogens is 1. The Morgan fingerprint density at radius 3 is 2.72 bits per heavy atom. The van der Waals surface area contributed by atoms with E-state index in [9.17, 15) is 14.0 Å². The van der Waals surface area contributed by atoms with Crippen molar-refractivity contribution in [1.29, 1.82) is 0 Å². The molecule has 3 aromatic rings. The fourth-order valence-electron chi connectivity index (χ4n) is 4.07. The molecule has 7 nitrogen and oxygen atoms in total. The Bertz CT molecular complexity index is 1170. The van der Waals surface area contributed by atoms with Crippen molar-refractivity contribution in [2.45, 2.75) is 18.8 Å². The van der Waals surface area contributed by atoms with Crippen LogP contribution in [-0.4, -0.2) is 48.5 Å². The number of amides is 2. The summed E-state index contributed by atoms with van der Waals surface area (Å²) in [6.07, 6.45) is 1.52. The molecule has 0 aliphatic carbocycles. The van der Waals surface area contributed by atoms with Gasteiger partial charge in [-0.2, -0.15) is 0 Å². The van der Waals surface area contributed by atoms with Crippen LogP contribution in [0.1, 0.15) is 34.8 Å². The SMILES string of the molecule is COc1ccccc1OCC(=O)N1CCCC(c2nc3ccc(F)cc3cc2C(N)=O)C1. The van der Waals surface area contributed by atoms with Gasteiger partial charge in [-0.05, 0) is 49.2 Å². The summed E-state index contributed by atoms with van der Waals surface area (Å²) >= 11 is 0. The second-order valence-electron chi connectivity index (χ2n) is 7.74. The molecule has 1 aliphatic rings. The summed E-state index contributed by atoms with van der Waals surface area (Å²) in [5.74, 6) is -0.301. The number of primary amides is 1. The van der Waals surface area contributed by atoms with Gasteiger partial charge in [-0.1, -0.05) is 12.1 Å². The number of carbonyl (C=O) groups excluding carboxylic acids is 2. The van der Waals surface area contributed by atoms with E-state index in [0.717, 1.165) is 12.8 Å². The van der Waals surface area contributed by atoms with Crippen molar-refractivity contribution in [3.05, 3.63) is 65.6 Å². The summed E-state index contributed by atoms with van der Waals surface area (Å²) in [4.78, 5) is 31.3. The molecule has 2 heterocycles. The van der Waals surface area contributed by atoms with Gasteiger partial charge in [0.1, 0.15) is 5.82 Å². The van der Waals surface area contributed by atoms with Gasteiger partial charge in [-0.15, -0.1) is 0 Å². The lowest BCUT2D eigenvalue weighted by molar-refractivity contribution is -0.134. The highest BCUT2D eigenvalue weighted by Gasteiger charge is 2.29. The minimum Gasteiger partial charge on any atom is -0.493 e. The third-order valence-corrected chi connectivity index (χ3v) is 5.65. The predicted octanol–water partition coefficient (Wildman–Crippen LogP) is 3.27. The van der Waals surface area contributed by atoms with Crippen molar-refractivity contribution < 1.29 is 23.5 Å². The number of piperidine rings is 1. The first-order valence-electron chi connectivity index (χ1n) is 10.4. The molecular formula is C24H24FN3O4. The van der Waals surface area contributed by atoms with E-state index in [4.69, 9.17) is 15.2 Å². The molecule has 0 spiro atoms. The molecule has 0 radical (unpaired) electrons. The van der Waals surface area contributed by atoms with Gasteiger partial charge in [-0.3, -0.25) is 14.6 Å². The van der Waals surface area contributed by atoms with Crippen molar-refractivity contribution in [3.63, 3.8) is 0 Å². The van der Waals surface area contributed by atoms with Crippen LogP contribution in [-0.2, 0) is 4.79 Å². The third kappa shape index (κ3) is 4.49. The van der Waals surface area contributed by atoms with Crippen molar-refractivity contribution in [2.24, 2.45) is 5.73 Å². The summed E-state index contributed by atoms with van der Waals surface area (Å²) in [5.41, 5.74) is 6.98. The minimum absolute atomic E-state index is 0.125. The Labute approximate surface area is 184 Å². The Morgan fingerprint density at radius 2 is 1.97 bits per heavy atom. The smallest absolute Gasteiger partial charge is 0.260 e. The number of carbonyl (C=O) groups is 2. The van der Waals surface area contributed by atoms with Gasteiger partial charge in [0, 0.05) is 24.4 Å². The molecule has 0 bridgehead atoms. The zero-order valence-electron chi connectivity index (χ0n) is 17.7. The van der Waals surface area contributed by atoms with Crippen molar-refractivity contribution in [3.8, 4) is 11.5 Å². The minimum atomic E-state index is -0.624. The summed E-state index contributed by atoms with van der Waals surface area (Å²) < 4.78 is 24.5. The zero-order valence-corrected chi connectivity index (χ0v) is 17.7. The average Bonchev–Trinajstić information content (AvgIpc) is 2.81. The second-order valence-corrected chi connectivity index (χ2v) is 7.74. The molecule has 2 amide bonds. The number of hydrogen-bond acceptors (Lipinski definition) is 5. The lowest BCUT2D eigenvalue weighted by Gasteiger charge is -2.33. The average molecular weight is 437 g/mol. The monoisotopic (exact) mass is 437 g/mol. The van der Waals surface area contributed by atoms with Crippen LogP contribution in [0.5, 0.6) is 11.5 Å². The number of aromatic nitrogens is 1. The number of pyridine rings is 1. The first-order valence-corrected chi connectivity index (χ1v) is 10.4. The van der Waals surface area contributed by atoms with E-state index < -0.39 is 11.7 Å². The number of nitrogens with two attached hydrogens (primary N) is 1. The van der Waals surface area contributed by atoms with E-state index >= 15 is 0 Å². The zero-order chi connectivity index (χ0) is 22.7. The molecule has 1 saturated heterocycles. The Balaban J connectivity index is 1.52. The standard InChI is InChI=1S/C24H24FN3O4/c1-31-20-6-2-3-7-21(20)32-14-22(29)28-10-4-5-15(13-28)23-18(24(26)30)12-16-11-17(25)8-9-19(16)27-23/h2-3,6-9,11-12,15H,4-5,10,13-14H2,1H3,(H2,26,30). The molecule has 1 fully saturated rings. The van der Waals surface area contributed by atoms with E-state index in [1.165, 1.54) is 12.1 Å². The van der Waals surface area contributed by atoms with E-state index in [-0.39, 0.29) is 24.0 Å². The molecule has 1 aliphatic heterocycles. The van der Waals surface area contributed by atoms with Crippen LogP contribution in [0.3, 0.4) is 0 Å². The molecule has 1 unspecified atom stereocenters. The summed E-state index contributed by atoms with van der Waals surface area (Å²) in [5, 5.41) is 0.511. The summed E-state index contributed by atoms with van der Waals surface area (Å²) in [7, 11) is 1.54. The quantitative estimate of drug-likeness (QED) is 0.639. The highest BCUT2D eigenvalue weighted by Crippen LogP contribution is 2.31. The second kappa shape index (κ2) is 9.21. The Kier molecular flexibility index (Phi) is 6.20. The molecule has 1 aromatic heterocycles. The number of ether oxygens (including phenoxy) is 2. The lowest BCUT2D eigenvalue weighted by Crippen LogP contribution is -2.42. The summed E-state index contributed by atoms with van der Waals surface area (Å²) in [6, 6.07) is 12.9. The lowest BCUT2D eigenvalue weighted by atomic mass is 9.90. The van der Waals surface area contributed by atoms with Gasteiger partial charge in [0.2, 0.25) is 0 Å². The van der Waals surface area contributed by atoms with Crippen LogP contribution < -0.4 is 15.2 Å². The van der Waals surface area contributed by atoms with E-state index in [0.29, 0.717) is 41.2 Å². The molecular weight excluding hydrogens is 413 g/mol. The number of hydrogen-bond donors (Lipinski definition) is 1. The van der Waals surface area contributed by atoms with Crippen LogP contribution in [0, 0.1) is 5.82 Å². The van der Waals surface area contributed by atoms with Gasteiger partial charge in [0.05, 0.1) is 23.9 Å². The summed E-state index contributed by atoms with van der Waals surface area (Å²) in [6.45, 7) is 0.865. The first kappa shape index (κ1) is 21.5. The fourth-order valence-corrected chi connectivity index (χ4v) is 4.07. The van der Waals surface area contributed by atoms with Crippen LogP contribution in [0.2, 0.25) is 0 Å². The van der Waals surface area contributed by atoms with E-state index in [1.807, 2.05) is 12.1 Å². The normalized spacial score (nSPS) is 16.1. The maximum absolute atomic E-state index is 13.6. The number of para-hydroxylation sites is 2. The molecule has 0 saturated carbocycles. The Hall–Kier alpha value is -3.68. The molecule has 4 rings (SSSR count). The van der Waals surface area contributed by atoms with Crippen LogP contribution in [0.25, 0.3) is 10.9 Å². The fraction of sp³-hybridized carbons (Fsp3) is 0.292. The van der Waals surface area contributed by atoms with Crippen molar-refractivity contribution in [2.75, 3.05) is 26.8 Å². The number of benzene rings is 2. The largest absolute Gasteiger partial charge is 0.493 e. The van der Waals surface area contributed by atoms with Crippen molar-refractivity contribution >= 4 is 22.7 Å². The van der Waals surface area contributed by atoms with Gasteiger partial charge in [0.15, 0.2) is 18.1 Å². The number of likely N-dealkylation sites (tertiary alicyclic amines) is 1. The van der Waals surface area contributed by atoms with Gasteiger partial charge >= 0.3 is 0 Å². The van der Waals surface area contributed by atoms with Crippen LogP contribution in [0.15, 0.2) is 48.5 Å². The van der Waals surface area contributed by atoms with Crippen LogP contribution in [0.4, 0.5) is 4.39 Å². The van der Waals surface area contributed by atoms with Gasteiger partial charge in [-0.25, -0.2) is 4.39 Å². The first-order chi connectivity index (χ1) is 15.5. The van der Waals surface area contributed by atoms with Crippen LogP contribution >= 0.6 is 0 Å². The highest BCUT2D eigenvalue weighted by molar-refractivity contribution is 5.98. The van der Waals surface area contributed by atoms with E-state index in [2.05, 4.69) is 4.98 Å². The van der Waals surface area contributed by atoms with Crippen molar-refractivity contribution in [1.82, 2.24) is 9.88 Å². The number of methoxy groups -OCH3 is 1. The molecule has 8 heteroatoms. The highest BCUT2D eigenvalue weighted by atomic mass is 19.1. The maximum Gasteiger partial charge on any atom is 0.260 e. The Morgan fingerprint density at radius 1 is 1.19 bits per heavy atom. The topological polar surface area (TPSA) is 94.8 Å². The molecule has 32 heavy (non-hydrogen) atoms.